The van der Waals surface area contributed by atoms with Crippen LogP contribution in [0.3, 0.4) is 0 Å². The second-order valence-corrected chi connectivity index (χ2v) is 8.56. The van der Waals surface area contributed by atoms with Crippen LogP contribution in [0.25, 0.3) is 11.3 Å². The summed E-state index contributed by atoms with van der Waals surface area (Å²) in [5, 5.41) is 7.54. The average molecular weight is 457 g/mol. The fourth-order valence-corrected chi connectivity index (χ4v) is 4.52. The van der Waals surface area contributed by atoms with Gasteiger partial charge in [0, 0.05) is 23.7 Å². The highest BCUT2D eigenvalue weighted by molar-refractivity contribution is 5.94. The molecular formula is C25H26F3N3O2. The van der Waals surface area contributed by atoms with Crippen molar-refractivity contribution in [3.8, 4) is 11.3 Å². The largest absolute Gasteiger partial charge is 0.416 e. The van der Waals surface area contributed by atoms with E-state index in [0.29, 0.717) is 18.0 Å². The SMILES string of the molecule is NC(=O)c1cc(C(F)(F)F)ccc1C1CCC(CNCc2cc(-c3ccccc3)on2)CC1. The van der Waals surface area contributed by atoms with Gasteiger partial charge < -0.3 is 15.6 Å². The van der Waals surface area contributed by atoms with Crippen molar-refractivity contribution in [2.75, 3.05) is 6.54 Å². The van der Waals surface area contributed by atoms with Crippen LogP contribution in [0.1, 0.15) is 58.8 Å². The van der Waals surface area contributed by atoms with Crippen molar-refractivity contribution >= 4 is 5.91 Å². The molecule has 1 aromatic heterocycles. The van der Waals surface area contributed by atoms with E-state index in [0.717, 1.165) is 61.4 Å². The molecule has 0 atom stereocenters. The van der Waals surface area contributed by atoms with Gasteiger partial charge >= 0.3 is 6.18 Å². The number of halogens is 3. The topological polar surface area (TPSA) is 81.2 Å². The third kappa shape index (κ3) is 5.63. The Kier molecular flexibility index (Phi) is 6.83. The monoisotopic (exact) mass is 457 g/mol. The molecule has 0 bridgehead atoms. The van der Waals surface area contributed by atoms with Crippen LogP contribution in [0.15, 0.2) is 59.1 Å². The van der Waals surface area contributed by atoms with E-state index < -0.39 is 17.6 Å². The zero-order chi connectivity index (χ0) is 23.4. The molecule has 0 unspecified atom stereocenters. The summed E-state index contributed by atoms with van der Waals surface area (Å²) in [6.07, 6.45) is -1.05. The smallest absolute Gasteiger partial charge is 0.366 e. The molecule has 8 heteroatoms. The van der Waals surface area contributed by atoms with Crippen LogP contribution in [-0.2, 0) is 12.7 Å². The normalized spacial score (nSPS) is 18.9. The molecule has 174 valence electrons. The number of carbonyl (C=O) groups excluding carboxylic acids is 1. The number of hydrogen-bond acceptors (Lipinski definition) is 4. The van der Waals surface area contributed by atoms with Gasteiger partial charge in [-0.1, -0.05) is 41.6 Å². The summed E-state index contributed by atoms with van der Waals surface area (Å²) >= 11 is 0. The number of aromatic nitrogens is 1. The Balaban J connectivity index is 1.29. The Hall–Kier alpha value is -3.13. The molecule has 5 nitrogen and oxygen atoms in total. The minimum atomic E-state index is -4.50. The summed E-state index contributed by atoms with van der Waals surface area (Å²) in [5.41, 5.74) is 6.96. The molecule has 4 rings (SSSR count). The van der Waals surface area contributed by atoms with Gasteiger partial charge in [0.25, 0.3) is 0 Å². The highest BCUT2D eigenvalue weighted by atomic mass is 19.4. The van der Waals surface area contributed by atoms with Gasteiger partial charge in [0.1, 0.15) is 0 Å². The Morgan fingerprint density at radius 1 is 1.06 bits per heavy atom. The Morgan fingerprint density at radius 2 is 1.79 bits per heavy atom. The lowest BCUT2D eigenvalue weighted by Gasteiger charge is -2.30. The fraction of sp³-hybridized carbons (Fsp3) is 0.360. The molecule has 1 saturated carbocycles. The lowest BCUT2D eigenvalue weighted by Crippen LogP contribution is -2.26. The van der Waals surface area contributed by atoms with Gasteiger partial charge in [-0.05, 0) is 61.8 Å². The molecule has 1 fully saturated rings. The lowest BCUT2D eigenvalue weighted by molar-refractivity contribution is -0.137. The lowest BCUT2D eigenvalue weighted by atomic mass is 9.77. The van der Waals surface area contributed by atoms with Crippen molar-refractivity contribution in [2.24, 2.45) is 11.7 Å². The summed E-state index contributed by atoms with van der Waals surface area (Å²) in [7, 11) is 0. The van der Waals surface area contributed by atoms with Crippen LogP contribution >= 0.6 is 0 Å². The Labute approximate surface area is 190 Å². The average Bonchev–Trinajstić information content (AvgIpc) is 3.28. The maximum Gasteiger partial charge on any atom is 0.416 e. The quantitative estimate of drug-likeness (QED) is 0.489. The predicted octanol–water partition coefficient (Wildman–Crippen LogP) is 5.52. The van der Waals surface area contributed by atoms with Crippen molar-refractivity contribution in [3.05, 3.63) is 77.0 Å². The first kappa shape index (κ1) is 23.0. The Bertz CT molecular complexity index is 1090. The first-order valence-electron chi connectivity index (χ1n) is 11.0. The number of nitrogens with two attached hydrogens (primary N) is 1. The number of alkyl halides is 3. The highest BCUT2D eigenvalue weighted by Gasteiger charge is 2.33. The van der Waals surface area contributed by atoms with Crippen LogP contribution in [0.4, 0.5) is 13.2 Å². The number of primary amides is 1. The fourth-order valence-electron chi connectivity index (χ4n) is 4.52. The van der Waals surface area contributed by atoms with E-state index in [1.54, 1.807) is 0 Å². The second-order valence-electron chi connectivity index (χ2n) is 8.56. The summed E-state index contributed by atoms with van der Waals surface area (Å²) < 4.78 is 44.5. The van der Waals surface area contributed by atoms with Gasteiger partial charge in [0.15, 0.2) is 5.76 Å². The zero-order valence-electron chi connectivity index (χ0n) is 18.1. The van der Waals surface area contributed by atoms with Gasteiger partial charge in [-0.3, -0.25) is 4.79 Å². The maximum absolute atomic E-state index is 13.0. The molecule has 33 heavy (non-hydrogen) atoms. The van der Waals surface area contributed by atoms with Crippen LogP contribution in [0.2, 0.25) is 0 Å². The van der Waals surface area contributed by atoms with E-state index in [2.05, 4.69) is 10.5 Å². The van der Waals surface area contributed by atoms with Crippen molar-refractivity contribution in [1.82, 2.24) is 10.5 Å². The van der Waals surface area contributed by atoms with Gasteiger partial charge in [0.2, 0.25) is 5.91 Å². The highest BCUT2D eigenvalue weighted by Crippen LogP contribution is 2.39. The second kappa shape index (κ2) is 9.79. The third-order valence-corrected chi connectivity index (χ3v) is 6.29. The molecule has 1 amide bonds. The Morgan fingerprint density at radius 3 is 2.45 bits per heavy atom. The molecule has 3 aromatic rings. The number of benzene rings is 2. The van der Waals surface area contributed by atoms with Crippen LogP contribution < -0.4 is 11.1 Å². The molecule has 1 aliphatic rings. The van der Waals surface area contributed by atoms with Crippen LogP contribution in [-0.4, -0.2) is 17.6 Å². The first-order chi connectivity index (χ1) is 15.8. The summed E-state index contributed by atoms with van der Waals surface area (Å²) in [5.74, 6) is 0.403. The van der Waals surface area contributed by atoms with Crippen molar-refractivity contribution in [1.29, 1.82) is 0 Å². The molecular weight excluding hydrogens is 431 g/mol. The van der Waals surface area contributed by atoms with E-state index in [9.17, 15) is 18.0 Å². The van der Waals surface area contributed by atoms with E-state index in [1.807, 2.05) is 36.4 Å². The van der Waals surface area contributed by atoms with Gasteiger partial charge in [-0.15, -0.1) is 0 Å². The molecule has 0 aliphatic heterocycles. The molecule has 2 aromatic carbocycles. The van der Waals surface area contributed by atoms with Gasteiger partial charge in [0.05, 0.1) is 11.3 Å². The summed E-state index contributed by atoms with van der Waals surface area (Å²) in [6.45, 7) is 1.41. The minimum Gasteiger partial charge on any atom is -0.366 e. The predicted molar refractivity (Wildman–Crippen MR) is 118 cm³/mol. The number of carbonyl (C=O) groups is 1. The number of amides is 1. The molecule has 0 radical (unpaired) electrons. The van der Waals surface area contributed by atoms with Crippen LogP contribution in [0.5, 0.6) is 0 Å². The van der Waals surface area contributed by atoms with E-state index >= 15 is 0 Å². The molecule has 0 saturated heterocycles. The number of nitrogens with one attached hydrogen (secondary N) is 1. The van der Waals surface area contributed by atoms with Gasteiger partial charge in [-0.2, -0.15) is 13.2 Å². The third-order valence-electron chi connectivity index (χ3n) is 6.29. The van der Waals surface area contributed by atoms with E-state index in [4.69, 9.17) is 10.3 Å². The number of hydrogen-bond donors (Lipinski definition) is 2. The molecule has 3 N–H and O–H groups in total. The van der Waals surface area contributed by atoms with Crippen LogP contribution in [0, 0.1) is 5.92 Å². The number of rotatable bonds is 7. The molecule has 0 spiro atoms. The van der Waals surface area contributed by atoms with Gasteiger partial charge in [-0.25, -0.2) is 0 Å². The summed E-state index contributed by atoms with van der Waals surface area (Å²) in [4.78, 5) is 11.8. The number of nitrogens with zero attached hydrogens (tertiary/aromatic N) is 1. The molecule has 1 heterocycles. The zero-order valence-corrected chi connectivity index (χ0v) is 18.1. The van der Waals surface area contributed by atoms with E-state index in [-0.39, 0.29) is 11.5 Å². The first-order valence-corrected chi connectivity index (χ1v) is 11.0. The minimum absolute atomic E-state index is 0.0216. The van der Waals surface area contributed by atoms with Crippen molar-refractivity contribution < 1.29 is 22.5 Å². The maximum atomic E-state index is 13.0. The standard InChI is InChI=1S/C25H26F3N3O2/c26-25(27,28)19-10-11-21(22(12-19)24(29)32)17-8-6-16(7-9-17)14-30-15-20-13-23(33-31-20)18-4-2-1-3-5-18/h1-5,10-13,16-17,30H,6-9,14-15H2,(H2,29,32). The van der Waals surface area contributed by atoms with Crippen molar-refractivity contribution in [2.45, 2.75) is 44.3 Å². The molecule has 1 aliphatic carbocycles. The van der Waals surface area contributed by atoms with E-state index in [1.165, 1.54) is 6.07 Å². The van der Waals surface area contributed by atoms with Crippen molar-refractivity contribution in [3.63, 3.8) is 0 Å². The summed E-state index contributed by atoms with van der Waals surface area (Å²) in [6, 6.07) is 15.0.